The molecule has 0 saturated heterocycles. The lowest BCUT2D eigenvalue weighted by molar-refractivity contribution is 0.0486. The standard InChI is InChI=1S/C19H27BrN4O2/c1-12-21-9-15-16(20)11-24(17(15)22-12)10-13-5-7-14(8-6-13)23-18(25)26-19(2,3)4/h9,11,13-14H,5-8,10H2,1-4H3,(H,23,25)/t13-,14-. The van der Waals surface area contributed by atoms with Gasteiger partial charge in [-0.1, -0.05) is 0 Å². The van der Waals surface area contributed by atoms with Crippen molar-refractivity contribution in [1.29, 1.82) is 0 Å². The smallest absolute Gasteiger partial charge is 0.407 e. The number of nitrogens with zero attached hydrogens (tertiary/aromatic N) is 3. The first-order valence-corrected chi connectivity index (χ1v) is 9.98. The van der Waals surface area contributed by atoms with E-state index < -0.39 is 5.60 Å². The van der Waals surface area contributed by atoms with Crippen LogP contribution in [0.5, 0.6) is 0 Å². The molecule has 0 radical (unpaired) electrons. The van der Waals surface area contributed by atoms with Gasteiger partial charge < -0.3 is 14.6 Å². The molecule has 1 fully saturated rings. The lowest BCUT2D eigenvalue weighted by Crippen LogP contribution is -2.41. The summed E-state index contributed by atoms with van der Waals surface area (Å²) in [5, 5.41) is 4.06. The molecule has 142 valence electrons. The van der Waals surface area contributed by atoms with Crippen molar-refractivity contribution < 1.29 is 9.53 Å². The van der Waals surface area contributed by atoms with Crippen LogP contribution < -0.4 is 5.32 Å². The molecule has 0 bridgehead atoms. The molecule has 0 atom stereocenters. The molecule has 6 nitrogen and oxygen atoms in total. The van der Waals surface area contributed by atoms with Gasteiger partial charge in [-0.2, -0.15) is 0 Å². The van der Waals surface area contributed by atoms with E-state index in [1.165, 1.54) is 0 Å². The summed E-state index contributed by atoms with van der Waals surface area (Å²) in [5.41, 5.74) is 0.530. The third kappa shape index (κ3) is 4.75. The number of hydrogen-bond donors (Lipinski definition) is 1. The zero-order chi connectivity index (χ0) is 18.9. The Morgan fingerprint density at radius 2 is 2.04 bits per heavy atom. The molecule has 2 heterocycles. The molecule has 1 amide bonds. The highest BCUT2D eigenvalue weighted by atomic mass is 79.9. The number of ether oxygens (including phenoxy) is 1. The molecule has 0 spiro atoms. The molecule has 1 aliphatic carbocycles. The van der Waals surface area contributed by atoms with Crippen molar-refractivity contribution in [3.8, 4) is 0 Å². The lowest BCUT2D eigenvalue weighted by Gasteiger charge is -2.30. The second-order valence-corrected chi connectivity index (χ2v) is 9.00. The Kier molecular flexibility index (Phi) is 5.55. The van der Waals surface area contributed by atoms with Crippen molar-refractivity contribution in [1.82, 2.24) is 19.9 Å². The van der Waals surface area contributed by atoms with Crippen molar-refractivity contribution in [2.45, 2.75) is 71.6 Å². The predicted octanol–water partition coefficient (Wildman–Crippen LogP) is 4.59. The van der Waals surface area contributed by atoms with Crippen molar-refractivity contribution in [3.63, 3.8) is 0 Å². The molecule has 0 aromatic carbocycles. The molecule has 1 saturated carbocycles. The number of amides is 1. The molecule has 3 rings (SSSR count). The largest absolute Gasteiger partial charge is 0.444 e. The van der Waals surface area contributed by atoms with Gasteiger partial charge in [0.1, 0.15) is 17.1 Å². The van der Waals surface area contributed by atoms with Crippen LogP contribution in [0.4, 0.5) is 4.79 Å². The quantitative estimate of drug-likeness (QED) is 0.785. The molecule has 2 aromatic rings. The Morgan fingerprint density at radius 1 is 1.35 bits per heavy atom. The fourth-order valence-corrected chi connectivity index (χ4v) is 4.02. The summed E-state index contributed by atoms with van der Waals surface area (Å²) in [7, 11) is 0. The average Bonchev–Trinajstić information content (AvgIpc) is 2.83. The highest BCUT2D eigenvalue weighted by Crippen LogP contribution is 2.30. The van der Waals surface area contributed by atoms with Crippen LogP contribution >= 0.6 is 15.9 Å². The fraction of sp³-hybridized carbons (Fsp3) is 0.632. The SMILES string of the molecule is Cc1ncc2c(Br)cn(C[C@H]3CC[C@H](NC(=O)OC(C)(C)C)CC3)c2n1. The van der Waals surface area contributed by atoms with Crippen molar-refractivity contribution in [3.05, 3.63) is 22.7 Å². The number of alkyl carbamates (subject to hydrolysis) is 1. The van der Waals surface area contributed by atoms with Gasteiger partial charge in [-0.05, 0) is 75.2 Å². The number of aryl methyl sites for hydroxylation is 1. The van der Waals surface area contributed by atoms with Crippen LogP contribution in [-0.4, -0.2) is 32.3 Å². The number of rotatable bonds is 3. The molecular weight excluding hydrogens is 396 g/mol. The van der Waals surface area contributed by atoms with Gasteiger partial charge in [0.15, 0.2) is 0 Å². The Bertz CT molecular complexity index is 789. The molecular formula is C19H27BrN4O2. The van der Waals surface area contributed by atoms with Crippen molar-refractivity contribution in [2.75, 3.05) is 0 Å². The number of carbonyl (C=O) groups excluding carboxylic acids is 1. The first kappa shape index (κ1) is 19.1. The van der Waals surface area contributed by atoms with Gasteiger partial charge in [-0.15, -0.1) is 0 Å². The third-order valence-corrected chi connectivity index (χ3v) is 5.34. The number of carbonyl (C=O) groups is 1. The number of fused-ring (bicyclic) bond motifs is 1. The fourth-order valence-electron chi connectivity index (χ4n) is 3.49. The maximum Gasteiger partial charge on any atom is 0.407 e. The van der Waals surface area contributed by atoms with E-state index >= 15 is 0 Å². The molecule has 0 unspecified atom stereocenters. The Morgan fingerprint density at radius 3 is 2.69 bits per heavy atom. The van der Waals surface area contributed by atoms with E-state index in [0.29, 0.717) is 5.92 Å². The van der Waals surface area contributed by atoms with Gasteiger partial charge in [-0.3, -0.25) is 0 Å². The van der Waals surface area contributed by atoms with Crippen LogP contribution in [0.25, 0.3) is 11.0 Å². The summed E-state index contributed by atoms with van der Waals surface area (Å²) < 4.78 is 8.61. The zero-order valence-corrected chi connectivity index (χ0v) is 17.5. The zero-order valence-electron chi connectivity index (χ0n) is 15.9. The van der Waals surface area contributed by atoms with Gasteiger partial charge in [0, 0.05) is 29.5 Å². The summed E-state index contributed by atoms with van der Waals surface area (Å²) in [6.07, 6.45) is 7.80. The van der Waals surface area contributed by atoms with Crippen LogP contribution in [0.1, 0.15) is 52.3 Å². The Hall–Kier alpha value is -1.63. The highest BCUT2D eigenvalue weighted by molar-refractivity contribution is 9.10. The summed E-state index contributed by atoms with van der Waals surface area (Å²) >= 11 is 3.61. The maximum atomic E-state index is 11.9. The second kappa shape index (κ2) is 7.55. The van der Waals surface area contributed by atoms with E-state index in [1.807, 2.05) is 33.9 Å². The average molecular weight is 423 g/mol. The Balaban J connectivity index is 1.56. The summed E-state index contributed by atoms with van der Waals surface area (Å²) in [5.74, 6) is 1.37. The van der Waals surface area contributed by atoms with Crippen LogP contribution in [0.3, 0.4) is 0 Å². The van der Waals surface area contributed by atoms with Gasteiger partial charge in [-0.25, -0.2) is 14.8 Å². The molecule has 0 aliphatic heterocycles. The summed E-state index contributed by atoms with van der Waals surface area (Å²) in [6, 6.07) is 0.207. The molecule has 1 aliphatic rings. The van der Waals surface area contributed by atoms with E-state index in [0.717, 1.165) is 53.6 Å². The maximum absolute atomic E-state index is 11.9. The highest BCUT2D eigenvalue weighted by Gasteiger charge is 2.25. The van der Waals surface area contributed by atoms with E-state index in [9.17, 15) is 4.79 Å². The lowest BCUT2D eigenvalue weighted by atomic mass is 9.86. The topological polar surface area (TPSA) is 69.0 Å². The first-order valence-electron chi connectivity index (χ1n) is 9.19. The minimum Gasteiger partial charge on any atom is -0.444 e. The summed E-state index contributed by atoms with van der Waals surface area (Å²) in [4.78, 5) is 20.8. The van der Waals surface area contributed by atoms with Gasteiger partial charge in [0.2, 0.25) is 0 Å². The van der Waals surface area contributed by atoms with Crippen LogP contribution in [0.15, 0.2) is 16.9 Å². The minimum absolute atomic E-state index is 0.207. The van der Waals surface area contributed by atoms with E-state index in [2.05, 4.69) is 42.0 Å². The third-order valence-electron chi connectivity index (χ3n) is 4.71. The molecule has 7 heteroatoms. The van der Waals surface area contributed by atoms with Crippen molar-refractivity contribution in [2.24, 2.45) is 5.92 Å². The van der Waals surface area contributed by atoms with E-state index in [-0.39, 0.29) is 12.1 Å². The normalized spacial score (nSPS) is 21.0. The van der Waals surface area contributed by atoms with Crippen LogP contribution in [-0.2, 0) is 11.3 Å². The van der Waals surface area contributed by atoms with Crippen LogP contribution in [0.2, 0.25) is 0 Å². The predicted molar refractivity (Wildman–Crippen MR) is 105 cm³/mol. The van der Waals surface area contributed by atoms with E-state index in [4.69, 9.17) is 4.74 Å². The molecule has 2 aromatic heterocycles. The number of nitrogens with one attached hydrogen (secondary N) is 1. The van der Waals surface area contributed by atoms with Gasteiger partial charge >= 0.3 is 6.09 Å². The van der Waals surface area contributed by atoms with E-state index in [1.54, 1.807) is 0 Å². The molecule has 26 heavy (non-hydrogen) atoms. The Labute approximate surface area is 162 Å². The van der Waals surface area contributed by atoms with Gasteiger partial charge in [0.25, 0.3) is 0 Å². The number of hydrogen-bond acceptors (Lipinski definition) is 4. The second-order valence-electron chi connectivity index (χ2n) is 8.15. The number of aromatic nitrogens is 3. The van der Waals surface area contributed by atoms with Crippen molar-refractivity contribution >= 4 is 33.1 Å². The number of halogens is 1. The van der Waals surface area contributed by atoms with Crippen LogP contribution in [0, 0.1) is 12.8 Å². The minimum atomic E-state index is -0.454. The first-order chi connectivity index (χ1) is 12.2. The van der Waals surface area contributed by atoms with Gasteiger partial charge in [0.05, 0.1) is 5.39 Å². The monoisotopic (exact) mass is 422 g/mol. The molecule has 1 N–H and O–H groups in total. The summed E-state index contributed by atoms with van der Waals surface area (Å²) in [6.45, 7) is 8.51.